The van der Waals surface area contributed by atoms with Gasteiger partial charge in [0.05, 0.1) is 5.75 Å². The molecule has 112 valence electrons. The largest absolute Gasteiger partial charge is 0.389 e. The minimum absolute atomic E-state index is 0.173. The van der Waals surface area contributed by atoms with Crippen molar-refractivity contribution in [2.75, 3.05) is 6.54 Å². The molecule has 0 spiro atoms. The van der Waals surface area contributed by atoms with E-state index in [4.69, 9.17) is 22.5 Å². The lowest BCUT2D eigenvalue weighted by atomic mass is 10.1. The third-order valence-electron chi connectivity index (χ3n) is 2.70. The van der Waals surface area contributed by atoms with Crippen molar-refractivity contribution in [2.45, 2.75) is 12.2 Å². The number of thiocarbonyl (C=S) groups is 1. The Hall–Kier alpha value is -1.84. The molecule has 7 nitrogen and oxygen atoms in total. The quantitative estimate of drug-likeness (QED) is 0.707. The zero-order valence-electron chi connectivity index (χ0n) is 11.0. The third kappa shape index (κ3) is 4.59. The number of nitrogens with two attached hydrogens (primary N) is 1. The molecular weight excluding hydrogens is 312 g/mol. The predicted octanol–water partition coefficient (Wildman–Crippen LogP) is 0.366. The molecule has 1 heterocycles. The van der Waals surface area contributed by atoms with E-state index < -0.39 is 10.0 Å². The predicted molar refractivity (Wildman–Crippen MR) is 81.0 cm³/mol. The SMILES string of the molecule is NC(=S)c1ccccc1CS(=O)(=O)NCCc1ncno1. The lowest BCUT2D eigenvalue weighted by molar-refractivity contribution is 0.377. The molecule has 9 heteroatoms. The number of sulfonamides is 1. The van der Waals surface area contributed by atoms with Gasteiger partial charge < -0.3 is 10.3 Å². The van der Waals surface area contributed by atoms with E-state index in [0.717, 1.165) is 0 Å². The Morgan fingerprint density at radius 2 is 2.14 bits per heavy atom. The lowest BCUT2D eigenvalue weighted by Crippen LogP contribution is -2.28. The van der Waals surface area contributed by atoms with Crippen LogP contribution in [0.1, 0.15) is 17.0 Å². The van der Waals surface area contributed by atoms with Gasteiger partial charge in [0.25, 0.3) is 0 Å². The number of aromatic nitrogens is 2. The lowest BCUT2D eigenvalue weighted by Gasteiger charge is -2.09. The summed E-state index contributed by atoms with van der Waals surface area (Å²) < 4.78 is 31.3. The maximum atomic E-state index is 12.0. The molecule has 0 saturated heterocycles. The minimum Gasteiger partial charge on any atom is -0.389 e. The van der Waals surface area contributed by atoms with Crippen LogP contribution in [-0.2, 0) is 22.2 Å². The molecule has 0 atom stereocenters. The van der Waals surface area contributed by atoms with Crippen LogP contribution in [0.25, 0.3) is 0 Å². The van der Waals surface area contributed by atoms with Crippen LogP contribution in [0.3, 0.4) is 0 Å². The summed E-state index contributed by atoms with van der Waals surface area (Å²) in [5.41, 5.74) is 6.72. The van der Waals surface area contributed by atoms with Crippen LogP contribution >= 0.6 is 12.2 Å². The maximum Gasteiger partial charge on any atom is 0.227 e. The number of hydrogen-bond donors (Lipinski definition) is 2. The van der Waals surface area contributed by atoms with Crippen LogP contribution in [0.15, 0.2) is 35.1 Å². The molecule has 0 amide bonds. The monoisotopic (exact) mass is 326 g/mol. The van der Waals surface area contributed by atoms with Crippen LogP contribution < -0.4 is 10.5 Å². The molecule has 2 aromatic rings. The number of benzene rings is 1. The first-order chi connectivity index (χ1) is 9.98. The number of hydrogen-bond acceptors (Lipinski definition) is 6. The molecule has 0 aliphatic carbocycles. The fourth-order valence-corrected chi connectivity index (χ4v) is 3.14. The Bertz CT molecular complexity index is 714. The van der Waals surface area contributed by atoms with Gasteiger partial charge in [-0.25, -0.2) is 13.1 Å². The first-order valence-corrected chi connectivity index (χ1v) is 8.14. The second-order valence-electron chi connectivity index (χ2n) is 4.26. The molecule has 0 unspecified atom stereocenters. The molecule has 3 N–H and O–H groups in total. The van der Waals surface area contributed by atoms with Gasteiger partial charge in [0.15, 0.2) is 6.33 Å². The number of nitrogens with zero attached hydrogens (tertiary/aromatic N) is 2. The fourth-order valence-electron chi connectivity index (χ4n) is 1.76. The van der Waals surface area contributed by atoms with E-state index in [1.807, 2.05) is 0 Å². The smallest absolute Gasteiger partial charge is 0.227 e. The van der Waals surface area contributed by atoms with Crippen LogP contribution in [0, 0.1) is 0 Å². The van der Waals surface area contributed by atoms with E-state index in [-0.39, 0.29) is 17.3 Å². The molecule has 2 rings (SSSR count). The van der Waals surface area contributed by atoms with Gasteiger partial charge in [-0.3, -0.25) is 0 Å². The van der Waals surface area contributed by atoms with Gasteiger partial charge in [-0.1, -0.05) is 41.6 Å². The molecule has 0 radical (unpaired) electrons. The highest BCUT2D eigenvalue weighted by Gasteiger charge is 2.15. The van der Waals surface area contributed by atoms with Crippen molar-refractivity contribution in [3.8, 4) is 0 Å². The Morgan fingerprint density at radius 3 is 2.81 bits per heavy atom. The molecule has 1 aromatic carbocycles. The Balaban J connectivity index is 1.99. The summed E-state index contributed by atoms with van der Waals surface area (Å²) in [5, 5.41) is 3.44. The summed E-state index contributed by atoms with van der Waals surface area (Å²) in [7, 11) is -3.50. The Labute approximate surface area is 127 Å². The second-order valence-corrected chi connectivity index (χ2v) is 6.51. The summed E-state index contributed by atoms with van der Waals surface area (Å²) in [4.78, 5) is 3.98. The first kappa shape index (κ1) is 15.5. The Kier molecular flexibility index (Phi) is 4.99. The molecule has 0 saturated carbocycles. The zero-order chi connectivity index (χ0) is 15.3. The van der Waals surface area contributed by atoms with Crippen molar-refractivity contribution >= 4 is 27.2 Å². The van der Waals surface area contributed by atoms with Gasteiger partial charge in [0.1, 0.15) is 4.99 Å². The highest BCUT2D eigenvalue weighted by atomic mass is 32.2. The van der Waals surface area contributed by atoms with Gasteiger partial charge in [-0.2, -0.15) is 4.98 Å². The van der Waals surface area contributed by atoms with Crippen LogP contribution in [0.4, 0.5) is 0 Å². The topological polar surface area (TPSA) is 111 Å². The molecule has 0 aliphatic rings. The summed E-state index contributed by atoms with van der Waals surface area (Å²) in [6, 6.07) is 6.88. The highest BCUT2D eigenvalue weighted by Crippen LogP contribution is 2.12. The van der Waals surface area contributed by atoms with Gasteiger partial charge >= 0.3 is 0 Å². The summed E-state index contributed by atoms with van der Waals surface area (Å²) >= 11 is 4.92. The van der Waals surface area contributed by atoms with E-state index in [1.165, 1.54) is 6.33 Å². The number of rotatable bonds is 7. The summed E-state index contributed by atoms with van der Waals surface area (Å²) in [5.74, 6) is 0.186. The fraction of sp³-hybridized carbons (Fsp3) is 0.250. The second kappa shape index (κ2) is 6.74. The van der Waals surface area contributed by atoms with E-state index in [0.29, 0.717) is 23.4 Å². The van der Waals surface area contributed by atoms with Crippen LogP contribution in [-0.4, -0.2) is 30.1 Å². The van der Waals surface area contributed by atoms with Crippen molar-refractivity contribution in [2.24, 2.45) is 5.73 Å². The third-order valence-corrected chi connectivity index (χ3v) is 4.25. The van der Waals surface area contributed by atoms with Crippen LogP contribution in [0.2, 0.25) is 0 Å². The molecule has 21 heavy (non-hydrogen) atoms. The minimum atomic E-state index is -3.50. The van der Waals surface area contributed by atoms with E-state index >= 15 is 0 Å². The average Bonchev–Trinajstić information content (AvgIpc) is 2.91. The van der Waals surface area contributed by atoms with Gasteiger partial charge in [0, 0.05) is 18.5 Å². The standard InChI is InChI=1S/C12H14N4O3S2/c13-12(20)10-4-2-1-3-9(10)7-21(17,18)16-6-5-11-14-8-15-19-11/h1-4,8,16H,5-7H2,(H2,13,20). The maximum absolute atomic E-state index is 12.0. The van der Waals surface area contributed by atoms with Crippen molar-refractivity contribution < 1.29 is 12.9 Å². The number of nitrogens with one attached hydrogen (secondary N) is 1. The van der Waals surface area contributed by atoms with Crippen LogP contribution in [0.5, 0.6) is 0 Å². The van der Waals surface area contributed by atoms with Crippen molar-refractivity contribution in [1.82, 2.24) is 14.9 Å². The molecular formula is C12H14N4O3S2. The normalized spacial score (nSPS) is 11.4. The zero-order valence-corrected chi connectivity index (χ0v) is 12.7. The van der Waals surface area contributed by atoms with Gasteiger partial charge in [0.2, 0.25) is 15.9 Å². The van der Waals surface area contributed by atoms with Gasteiger partial charge in [-0.15, -0.1) is 0 Å². The van der Waals surface area contributed by atoms with E-state index in [9.17, 15) is 8.42 Å². The first-order valence-electron chi connectivity index (χ1n) is 6.08. The summed E-state index contributed by atoms with van der Waals surface area (Å²) in [6.45, 7) is 0.180. The molecule has 0 aliphatic heterocycles. The molecule has 0 bridgehead atoms. The molecule has 0 fully saturated rings. The highest BCUT2D eigenvalue weighted by molar-refractivity contribution is 7.88. The Morgan fingerprint density at radius 1 is 1.38 bits per heavy atom. The van der Waals surface area contributed by atoms with Crippen molar-refractivity contribution in [3.63, 3.8) is 0 Å². The van der Waals surface area contributed by atoms with E-state index in [1.54, 1.807) is 24.3 Å². The molecule has 1 aromatic heterocycles. The average molecular weight is 326 g/mol. The van der Waals surface area contributed by atoms with E-state index in [2.05, 4.69) is 14.9 Å². The van der Waals surface area contributed by atoms with Crippen molar-refractivity contribution in [3.05, 3.63) is 47.6 Å². The van der Waals surface area contributed by atoms with Gasteiger partial charge in [-0.05, 0) is 5.56 Å². The van der Waals surface area contributed by atoms with Crippen molar-refractivity contribution in [1.29, 1.82) is 0 Å². The summed E-state index contributed by atoms with van der Waals surface area (Å²) in [6.07, 6.45) is 1.60.